The van der Waals surface area contributed by atoms with Gasteiger partial charge in [-0.15, -0.1) is 0 Å². The molecule has 2 rings (SSSR count). The van der Waals surface area contributed by atoms with Crippen LogP contribution in [0, 0.1) is 11.6 Å². The molecule has 0 amide bonds. The van der Waals surface area contributed by atoms with Crippen LogP contribution in [0.25, 0.3) is 0 Å². The third-order valence-corrected chi connectivity index (χ3v) is 2.62. The summed E-state index contributed by atoms with van der Waals surface area (Å²) >= 11 is 0. The van der Waals surface area contributed by atoms with Crippen LogP contribution in [-0.2, 0) is 11.2 Å². The molecular weight excluding hydrogens is 270 g/mol. The van der Waals surface area contributed by atoms with Crippen molar-refractivity contribution in [1.29, 1.82) is 0 Å². The van der Waals surface area contributed by atoms with Crippen molar-refractivity contribution in [3.05, 3.63) is 59.1 Å². The third-order valence-electron chi connectivity index (χ3n) is 2.62. The highest BCUT2D eigenvalue weighted by Gasteiger charge is 2.16. The normalized spacial score (nSPS) is 10.3. The number of halogens is 2. The predicted molar refractivity (Wildman–Crippen MR) is 64.4 cm³/mol. The molecule has 1 aromatic carbocycles. The molecule has 0 saturated carbocycles. The summed E-state index contributed by atoms with van der Waals surface area (Å²) in [6, 6.07) is 5.83. The van der Waals surface area contributed by atoms with Gasteiger partial charge in [-0.05, 0) is 29.8 Å². The minimum atomic E-state index is -1.02. The Morgan fingerprint density at radius 1 is 1.10 bits per heavy atom. The van der Waals surface area contributed by atoms with E-state index in [1.54, 1.807) is 0 Å². The van der Waals surface area contributed by atoms with E-state index in [0.717, 1.165) is 12.1 Å². The van der Waals surface area contributed by atoms with Crippen LogP contribution in [0.5, 0.6) is 0 Å². The van der Waals surface area contributed by atoms with Gasteiger partial charge in [-0.3, -0.25) is 4.79 Å². The minimum absolute atomic E-state index is 0.0462. The number of ketones is 1. The van der Waals surface area contributed by atoms with Gasteiger partial charge in [-0.1, -0.05) is 6.07 Å². The molecule has 1 aromatic heterocycles. The van der Waals surface area contributed by atoms with Gasteiger partial charge in [0.1, 0.15) is 0 Å². The summed E-state index contributed by atoms with van der Waals surface area (Å²) < 4.78 is 35.3. The number of furan rings is 1. The number of benzene rings is 1. The molecule has 0 bridgehead atoms. The van der Waals surface area contributed by atoms with E-state index in [9.17, 15) is 18.4 Å². The summed E-state index contributed by atoms with van der Waals surface area (Å²) in [4.78, 5) is 23.0. The number of esters is 1. The Morgan fingerprint density at radius 3 is 2.45 bits per heavy atom. The largest absolute Gasteiger partial charge is 0.463 e. The lowest BCUT2D eigenvalue weighted by Crippen LogP contribution is -2.03. The van der Waals surface area contributed by atoms with Crippen LogP contribution in [0.15, 0.2) is 34.7 Å². The highest BCUT2D eigenvalue weighted by Crippen LogP contribution is 2.14. The molecule has 0 unspecified atom stereocenters. The van der Waals surface area contributed by atoms with Gasteiger partial charge in [0.2, 0.25) is 11.5 Å². The lowest BCUT2D eigenvalue weighted by molar-refractivity contribution is 0.0563. The molecule has 0 saturated heterocycles. The van der Waals surface area contributed by atoms with Crippen molar-refractivity contribution in [2.45, 2.75) is 6.42 Å². The number of Topliss-reactive ketones (excluding diaryl/α,β-unsaturated/α-hetero) is 1. The van der Waals surface area contributed by atoms with E-state index in [0.29, 0.717) is 5.56 Å². The van der Waals surface area contributed by atoms with Gasteiger partial charge in [-0.25, -0.2) is 13.6 Å². The number of carbonyl (C=O) groups is 2. The van der Waals surface area contributed by atoms with Crippen LogP contribution in [0.2, 0.25) is 0 Å². The van der Waals surface area contributed by atoms with Gasteiger partial charge in [0.15, 0.2) is 17.4 Å². The second-order valence-electron chi connectivity index (χ2n) is 4.00. The van der Waals surface area contributed by atoms with Crippen LogP contribution >= 0.6 is 0 Å². The fourth-order valence-corrected chi connectivity index (χ4v) is 1.62. The monoisotopic (exact) mass is 280 g/mol. The van der Waals surface area contributed by atoms with Crippen molar-refractivity contribution >= 4 is 11.8 Å². The molecule has 0 aliphatic rings. The lowest BCUT2D eigenvalue weighted by atomic mass is 10.1. The smallest absolute Gasteiger partial charge is 0.373 e. The minimum Gasteiger partial charge on any atom is -0.463 e. The van der Waals surface area contributed by atoms with Gasteiger partial charge < -0.3 is 9.15 Å². The van der Waals surface area contributed by atoms with E-state index in [1.165, 1.54) is 25.3 Å². The Kier molecular flexibility index (Phi) is 3.93. The second-order valence-corrected chi connectivity index (χ2v) is 4.00. The van der Waals surface area contributed by atoms with Gasteiger partial charge in [0, 0.05) is 6.42 Å². The number of carbonyl (C=O) groups excluding carboxylic acids is 2. The highest BCUT2D eigenvalue weighted by atomic mass is 19.2. The SMILES string of the molecule is COC(=O)c1ccc(C(=O)Cc2ccc(F)c(F)c2)o1. The topological polar surface area (TPSA) is 56.5 Å². The molecule has 0 spiro atoms. The van der Waals surface area contributed by atoms with Crippen molar-refractivity contribution in [2.24, 2.45) is 0 Å². The van der Waals surface area contributed by atoms with Gasteiger partial charge >= 0.3 is 5.97 Å². The predicted octanol–water partition coefficient (Wildman–Crippen LogP) is 2.77. The van der Waals surface area contributed by atoms with Crippen molar-refractivity contribution in [3.63, 3.8) is 0 Å². The van der Waals surface area contributed by atoms with E-state index in [4.69, 9.17) is 4.42 Å². The molecule has 2 aromatic rings. The van der Waals surface area contributed by atoms with Crippen LogP contribution < -0.4 is 0 Å². The fraction of sp³-hybridized carbons (Fsp3) is 0.143. The molecule has 0 aliphatic heterocycles. The van der Waals surface area contributed by atoms with Crippen LogP contribution in [0.3, 0.4) is 0 Å². The number of hydrogen-bond acceptors (Lipinski definition) is 4. The molecule has 20 heavy (non-hydrogen) atoms. The molecular formula is C14H10F2O4. The Hall–Kier alpha value is -2.50. The zero-order valence-corrected chi connectivity index (χ0v) is 10.5. The average molecular weight is 280 g/mol. The maximum atomic E-state index is 13.0. The Balaban J connectivity index is 2.13. The van der Waals surface area contributed by atoms with Gasteiger partial charge in [0.05, 0.1) is 7.11 Å². The van der Waals surface area contributed by atoms with E-state index >= 15 is 0 Å². The molecule has 4 nitrogen and oxygen atoms in total. The van der Waals surface area contributed by atoms with Crippen LogP contribution in [0.1, 0.15) is 26.7 Å². The average Bonchev–Trinajstić information content (AvgIpc) is 2.92. The molecule has 0 radical (unpaired) electrons. The summed E-state index contributed by atoms with van der Waals surface area (Å²) in [7, 11) is 1.19. The van der Waals surface area contributed by atoms with Gasteiger partial charge in [0.25, 0.3) is 0 Å². The summed E-state index contributed by atoms with van der Waals surface area (Å²) in [5.41, 5.74) is 0.310. The van der Waals surface area contributed by atoms with Crippen LogP contribution in [0.4, 0.5) is 8.78 Å². The van der Waals surface area contributed by atoms with Gasteiger partial charge in [-0.2, -0.15) is 0 Å². The molecule has 0 atom stereocenters. The number of ether oxygens (including phenoxy) is 1. The van der Waals surface area contributed by atoms with E-state index < -0.39 is 23.4 Å². The van der Waals surface area contributed by atoms with Crippen molar-refractivity contribution in [2.75, 3.05) is 7.11 Å². The molecule has 104 valence electrons. The van der Waals surface area contributed by atoms with Crippen molar-refractivity contribution < 1.29 is 27.5 Å². The number of rotatable bonds is 4. The van der Waals surface area contributed by atoms with Crippen LogP contribution in [-0.4, -0.2) is 18.9 Å². The van der Waals surface area contributed by atoms with E-state index in [2.05, 4.69) is 4.74 Å². The maximum absolute atomic E-state index is 13.0. The molecule has 1 heterocycles. The summed E-state index contributed by atoms with van der Waals surface area (Å²) in [6.45, 7) is 0. The Bertz CT molecular complexity index is 661. The Morgan fingerprint density at radius 2 is 1.80 bits per heavy atom. The number of hydrogen-bond donors (Lipinski definition) is 0. The first-order valence-electron chi connectivity index (χ1n) is 5.66. The molecule has 0 fully saturated rings. The first-order chi connectivity index (χ1) is 9.51. The molecule has 6 heteroatoms. The van der Waals surface area contributed by atoms with E-state index in [1.807, 2.05) is 0 Å². The third kappa shape index (κ3) is 2.90. The lowest BCUT2D eigenvalue weighted by Gasteiger charge is -2.00. The summed E-state index contributed by atoms with van der Waals surface area (Å²) in [6.07, 6.45) is -0.161. The van der Waals surface area contributed by atoms with E-state index in [-0.39, 0.29) is 17.9 Å². The summed E-state index contributed by atoms with van der Waals surface area (Å²) in [5.74, 6) is -3.29. The first-order valence-corrected chi connectivity index (χ1v) is 5.66. The first kappa shape index (κ1) is 13.9. The standard InChI is InChI=1S/C14H10F2O4/c1-19-14(18)13-5-4-12(20-13)11(17)7-8-2-3-9(15)10(16)6-8/h2-6H,7H2,1H3. The fourth-order valence-electron chi connectivity index (χ4n) is 1.62. The van der Waals surface area contributed by atoms with Crippen molar-refractivity contribution in [1.82, 2.24) is 0 Å². The van der Waals surface area contributed by atoms with Crippen molar-refractivity contribution in [3.8, 4) is 0 Å². The Labute approximate surface area is 113 Å². The zero-order valence-electron chi connectivity index (χ0n) is 10.5. The maximum Gasteiger partial charge on any atom is 0.373 e. The quantitative estimate of drug-likeness (QED) is 0.638. The molecule has 0 aliphatic carbocycles. The zero-order chi connectivity index (χ0) is 14.7. The second kappa shape index (κ2) is 5.64. The number of methoxy groups -OCH3 is 1. The molecule has 0 N–H and O–H groups in total. The highest BCUT2D eigenvalue weighted by molar-refractivity contribution is 5.96. The summed E-state index contributed by atoms with van der Waals surface area (Å²) in [5, 5.41) is 0.